The molecular formula is C45H30N2S2. The number of para-hydroxylation sites is 1. The summed E-state index contributed by atoms with van der Waals surface area (Å²) in [4.78, 5) is 3.71. The van der Waals surface area contributed by atoms with Gasteiger partial charge in [-0.3, -0.25) is 0 Å². The molecule has 1 aromatic heterocycles. The van der Waals surface area contributed by atoms with E-state index in [2.05, 4.69) is 180 Å². The molecule has 10 rings (SSSR count). The molecule has 0 saturated heterocycles. The molecular weight excluding hydrogens is 633 g/mol. The number of thiophene rings is 1. The number of anilines is 4. The lowest BCUT2D eigenvalue weighted by Gasteiger charge is -2.26. The van der Waals surface area contributed by atoms with Crippen LogP contribution >= 0.6 is 23.1 Å². The summed E-state index contributed by atoms with van der Waals surface area (Å²) < 4.78 is 2.66. The van der Waals surface area contributed by atoms with Crippen LogP contribution < -0.4 is 10.2 Å². The fourth-order valence-electron chi connectivity index (χ4n) is 7.36. The van der Waals surface area contributed by atoms with Gasteiger partial charge in [0.25, 0.3) is 0 Å². The van der Waals surface area contributed by atoms with Crippen LogP contribution in [0.3, 0.4) is 0 Å². The van der Waals surface area contributed by atoms with Crippen molar-refractivity contribution in [1.29, 1.82) is 0 Å². The van der Waals surface area contributed by atoms with Crippen LogP contribution in [0.1, 0.15) is 10.9 Å². The Hall–Kier alpha value is -5.55. The molecule has 9 aromatic rings. The summed E-state index contributed by atoms with van der Waals surface area (Å²) in [6.45, 7) is 0. The Morgan fingerprint density at radius 1 is 0.510 bits per heavy atom. The quantitative estimate of drug-likeness (QED) is 0.185. The van der Waals surface area contributed by atoms with Crippen LogP contribution in [-0.2, 0) is 0 Å². The highest BCUT2D eigenvalue weighted by molar-refractivity contribution is 8.00. The molecule has 1 aliphatic rings. The van der Waals surface area contributed by atoms with Crippen LogP contribution in [-0.4, -0.2) is 0 Å². The molecule has 1 N–H and O–H groups in total. The lowest BCUT2D eigenvalue weighted by molar-refractivity contribution is 1.14. The average Bonchev–Trinajstić information content (AvgIpc) is 3.78. The first-order valence-corrected chi connectivity index (χ1v) is 18.3. The predicted molar refractivity (Wildman–Crippen MR) is 213 cm³/mol. The van der Waals surface area contributed by atoms with Gasteiger partial charge in [0.05, 0.1) is 0 Å². The van der Waals surface area contributed by atoms with Gasteiger partial charge in [-0.15, -0.1) is 11.3 Å². The summed E-state index contributed by atoms with van der Waals surface area (Å²) >= 11 is 3.80. The summed E-state index contributed by atoms with van der Waals surface area (Å²) in [6.07, 6.45) is 0. The molecule has 0 bridgehead atoms. The Labute approximate surface area is 293 Å². The second kappa shape index (κ2) is 11.6. The third-order valence-electron chi connectivity index (χ3n) is 9.65. The van der Waals surface area contributed by atoms with Gasteiger partial charge in [0.1, 0.15) is 5.37 Å². The molecule has 0 spiro atoms. The number of rotatable bonds is 5. The van der Waals surface area contributed by atoms with Gasteiger partial charge < -0.3 is 10.2 Å². The Kier molecular flexibility index (Phi) is 6.71. The molecule has 8 aromatic carbocycles. The second-order valence-electron chi connectivity index (χ2n) is 12.6. The van der Waals surface area contributed by atoms with Crippen LogP contribution in [0.15, 0.2) is 175 Å². The van der Waals surface area contributed by atoms with E-state index in [1.54, 1.807) is 0 Å². The van der Waals surface area contributed by atoms with Gasteiger partial charge in [-0.1, -0.05) is 133 Å². The molecule has 49 heavy (non-hydrogen) atoms. The van der Waals surface area contributed by atoms with Gasteiger partial charge in [0.15, 0.2) is 0 Å². The summed E-state index contributed by atoms with van der Waals surface area (Å²) in [6, 6.07) is 61.9. The van der Waals surface area contributed by atoms with Crippen LogP contribution in [0.2, 0.25) is 0 Å². The summed E-state index contributed by atoms with van der Waals surface area (Å²) in [5.74, 6) is 0. The molecule has 0 aliphatic carbocycles. The Morgan fingerprint density at radius 3 is 2.12 bits per heavy atom. The highest BCUT2D eigenvalue weighted by atomic mass is 32.2. The maximum Gasteiger partial charge on any atom is 0.103 e. The molecule has 1 atom stereocenters. The third kappa shape index (κ3) is 4.79. The zero-order valence-electron chi connectivity index (χ0n) is 26.5. The number of nitrogens with zero attached hydrogens (tertiary/aromatic N) is 1. The number of thioether (sulfide) groups is 1. The van der Waals surface area contributed by atoms with E-state index in [1.807, 2.05) is 23.1 Å². The van der Waals surface area contributed by atoms with E-state index in [-0.39, 0.29) is 5.37 Å². The largest absolute Gasteiger partial charge is 0.368 e. The van der Waals surface area contributed by atoms with E-state index < -0.39 is 0 Å². The first kappa shape index (κ1) is 28.5. The fraction of sp³-hybridized carbons (Fsp3) is 0.0222. The van der Waals surface area contributed by atoms with Gasteiger partial charge in [0, 0.05) is 53.2 Å². The Morgan fingerprint density at radius 2 is 1.22 bits per heavy atom. The minimum absolute atomic E-state index is 0.204. The van der Waals surface area contributed by atoms with Crippen molar-refractivity contribution in [3.63, 3.8) is 0 Å². The normalized spacial score (nSPS) is 14.0. The van der Waals surface area contributed by atoms with Crippen LogP contribution in [0, 0.1) is 0 Å². The lowest BCUT2D eigenvalue weighted by atomic mass is 9.99. The molecule has 0 amide bonds. The molecule has 0 fully saturated rings. The number of benzene rings is 8. The molecule has 0 saturated carbocycles. The summed E-state index contributed by atoms with van der Waals surface area (Å²) in [5.41, 5.74) is 8.39. The van der Waals surface area contributed by atoms with Crippen molar-refractivity contribution in [2.45, 2.75) is 10.3 Å². The van der Waals surface area contributed by atoms with E-state index >= 15 is 0 Å². The van der Waals surface area contributed by atoms with E-state index in [9.17, 15) is 0 Å². The fourth-order valence-corrected chi connectivity index (χ4v) is 9.92. The molecule has 0 radical (unpaired) electrons. The van der Waals surface area contributed by atoms with Crippen LogP contribution in [0.25, 0.3) is 52.8 Å². The molecule has 2 nitrogen and oxygen atoms in total. The van der Waals surface area contributed by atoms with Crippen molar-refractivity contribution in [3.05, 3.63) is 175 Å². The van der Waals surface area contributed by atoms with Crippen LogP contribution in [0.4, 0.5) is 22.7 Å². The average molecular weight is 663 g/mol. The zero-order valence-corrected chi connectivity index (χ0v) is 28.1. The smallest absolute Gasteiger partial charge is 0.103 e. The van der Waals surface area contributed by atoms with E-state index in [1.165, 1.54) is 69.0 Å². The van der Waals surface area contributed by atoms with E-state index in [0.29, 0.717) is 0 Å². The van der Waals surface area contributed by atoms with E-state index in [4.69, 9.17) is 0 Å². The molecule has 2 heterocycles. The van der Waals surface area contributed by atoms with Gasteiger partial charge in [-0.2, -0.15) is 0 Å². The van der Waals surface area contributed by atoms with Gasteiger partial charge in [-0.05, 0) is 81.4 Å². The van der Waals surface area contributed by atoms with Gasteiger partial charge in [0.2, 0.25) is 0 Å². The topological polar surface area (TPSA) is 15.3 Å². The monoisotopic (exact) mass is 662 g/mol. The zero-order chi connectivity index (χ0) is 32.3. The Bertz CT molecular complexity index is 2680. The number of fused-ring (bicyclic) bond motifs is 8. The minimum Gasteiger partial charge on any atom is -0.368 e. The number of hydrogen-bond acceptors (Lipinski definition) is 4. The van der Waals surface area contributed by atoms with Crippen molar-refractivity contribution >= 4 is 87.6 Å². The molecule has 1 aliphatic heterocycles. The second-order valence-corrected chi connectivity index (χ2v) is 14.7. The summed E-state index contributed by atoms with van der Waals surface area (Å²) in [5, 5.41) is 11.7. The van der Waals surface area contributed by atoms with Crippen molar-refractivity contribution in [3.8, 4) is 11.1 Å². The van der Waals surface area contributed by atoms with Crippen LogP contribution in [0.5, 0.6) is 0 Å². The molecule has 232 valence electrons. The van der Waals surface area contributed by atoms with Gasteiger partial charge in [-0.25, -0.2) is 0 Å². The van der Waals surface area contributed by atoms with E-state index in [0.717, 1.165) is 17.1 Å². The van der Waals surface area contributed by atoms with Crippen molar-refractivity contribution in [1.82, 2.24) is 0 Å². The SMILES string of the molecule is c1ccc(C2Nc3ccc4ccc5cc(N(c6ccccc6)c6cccc(-c7cccc8c7sc7ccccc78)c6)ccc5c4c3S2)cc1. The van der Waals surface area contributed by atoms with Gasteiger partial charge >= 0.3 is 0 Å². The maximum atomic E-state index is 3.77. The highest BCUT2D eigenvalue weighted by Gasteiger charge is 2.26. The highest BCUT2D eigenvalue weighted by Crippen LogP contribution is 2.51. The summed E-state index contributed by atoms with van der Waals surface area (Å²) in [7, 11) is 0. The first-order chi connectivity index (χ1) is 24.3. The third-order valence-corrected chi connectivity index (χ3v) is 12.2. The number of nitrogens with one attached hydrogen (secondary N) is 1. The van der Waals surface area contributed by atoms with Crippen molar-refractivity contribution < 1.29 is 0 Å². The minimum atomic E-state index is 0.204. The molecule has 4 heteroatoms. The lowest BCUT2D eigenvalue weighted by Crippen LogP contribution is -2.09. The maximum absolute atomic E-state index is 3.77. The number of hydrogen-bond donors (Lipinski definition) is 1. The predicted octanol–water partition coefficient (Wildman–Crippen LogP) is 13.7. The first-order valence-electron chi connectivity index (χ1n) is 16.6. The van der Waals surface area contributed by atoms with Crippen molar-refractivity contribution in [2.24, 2.45) is 0 Å². The van der Waals surface area contributed by atoms with Crippen molar-refractivity contribution in [2.75, 3.05) is 10.2 Å². The standard InChI is InChI=1S/C45H30N2S2/c1-3-11-30(12-4-1)45-46-40-26-23-29-21-22-32-28-35(24-25-36(32)42(29)44(40)49-45)47(33-14-5-2-6-15-33)34-16-9-13-31(27-34)37-18-10-19-39-38-17-7-8-20-41(38)48-43(37)39/h1-28,45-46H. The Balaban J connectivity index is 1.10. The molecule has 1 unspecified atom stereocenters.